The molecule has 1 aliphatic rings. The van der Waals surface area contributed by atoms with Crippen LogP contribution in [0.5, 0.6) is 11.5 Å². The quantitative estimate of drug-likeness (QED) is 0.252. The largest absolute Gasteiger partial charge is 0.494 e. The van der Waals surface area contributed by atoms with E-state index < -0.39 is 60.3 Å². The van der Waals surface area contributed by atoms with E-state index in [2.05, 4.69) is 15.3 Å². The number of nitrogens with two attached hydrogens (primary N) is 1. The lowest BCUT2D eigenvalue weighted by molar-refractivity contribution is -0.265. The van der Waals surface area contributed by atoms with Crippen LogP contribution >= 0.6 is 11.3 Å². The van der Waals surface area contributed by atoms with Crippen LogP contribution in [0.4, 0.5) is 22.0 Å². The van der Waals surface area contributed by atoms with E-state index in [0.29, 0.717) is 21.3 Å². The van der Waals surface area contributed by atoms with Crippen molar-refractivity contribution in [3.05, 3.63) is 70.1 Å². The topological polar surface area (TPSA) is 137 Å². The highest BCUT2D eigenvalue weighted by Crippen LogP contribution is 2.48. The molecule has 4 N–H and O–H groups in total. The number of aryl methyl sites for hydroxylation is 1. The van der Waals surface area contributed by atoms with Crippen molar-refractivity contribution in [3.8, 4) is 22.8 Å². The van der Waals surface area contributed by atoms with E-state index >= 15 is 0 Å². The Labute approximate surface area is 244 Å². The summed E-state index contributed by atoms with van der Waals surface area (Å²) in [7, 11) is 1.35. The number of carbonyl (C=O) groups is 2. The van der Waals surface area contributed by atoms with Crippen molar-refractivity contribution < 1.29 is 46.1 Å². The Morgan fingerprint density at radius 2 is 1.88 bits per heavy atom. The van der Waals surface area contributed by atoms with Crippen molar-refractivity contribution in [1.82, 2.24) is 15.3 Å². The molecule has 0 bridgehead atoms. The summed E-state index contributed by atoms with van der Waals surface area (Å²) in [5, 5.41) is 13.9. The maximum atomic E-state index is 14.6. The van der Waals surface area contributed by atoms with Crippen LogP contribution in [-0.4, -0.2) is 60.0 Å². The average molecular weight is 623 g/mol. The van der Waals surface area contributed by atoms with Crippen LogP contribution in [-0.2, 0) is 15.8 Å². The van der Waals surface area contributed by atoms with Gasteiger partial charge in [-0.2, -0.15) is 13.2 Å². The molecule has 2 aromatic carbocycles. The number of ether oxygens (including phenoxy) is 2. The fourth-order valence-corrected chi connectivity index (χ4v) is 5.63. The number of aliphatic hydroxyl groups is 1. The number of amides is 2. The first kappa shape index (κ1) is 30.1. The Kier molecular flexibility index (Phi) is 7.50. The van der Waals surface area contributed by atoms with Crippen LogP contribution in [0.2, 0.25) is 0 Å². The van der Waals surface area contributed by atoms with E-state index in [-0.39, 0.29) is 33.9 Å². The van der Waals surface area contributed by atoms with E-state index in [0.717, 1.165) is 12.1 Å². The van der Waals surface area contributed by atoms with Crippen molar-refractivity contribution in [3.63, 3.8) is 0 Å². The SMILES string of the molecule is COc1cc(C(=O)NC[C@](O)(c2cc3c(c(-c4ccc(F)cc4)n2)OC[C@]3(CF)C(N)=O)C(F)(F)F)cc2sc(C)nc12. The molecule has 2 amide bonds. The van der Waals surface area contributed by atoms with Crippen molar-refractivity contribution in [2.75, 3.05) is 26.9 Å². The first-order chi connectivity index (χ1) is 20.2. The number of rotatable bonds is 8. The molecule has 43 heavy (non-hydrogen) atoms. The summed E-state index contributed by atoms with van der Waals surface area (Å²) in [5.74, 6) is -2.89. The smallest absolute Gasteiger partial charge is 0.424 e. The van der Waals surface area contributed by atoms with Gasteiger partial charge in [0, 0.05) is 16.7 Å². The molecule has 0 saturated carbocycles. The number of alkyl halides is 4. The zero-order valence-corrected chi connectivity index (χ0v) is 23.3. The number of thiazole rings is 1. The second kappa shape index (κ2) is 10.7. The Morgan fingerprint density at radius 3 is 2.49 bits per heavy atom. The summed E-state index contributed by atoms with van der Waals surface area (Å²) in [5.41, 5.74) is -1.90. The molecule has 9 nitrogen and oxygen atoms in total. The minimum absolute atomic E-state index is 0.0486. The number of methoxy groups -OCH3 is 1. The first-order valence-electron chi connectivity index (χ1n) is 12.6. The lowest BCUT2D eigenvalue weighted by Crippen LogP contribution is -2.52. The molecule has 5 rings (SSSR count). The molecule has 2 aromatic heterocycles. The minimum atomic E-state index is -5.44. The first-order valence-corrected chi connectivity index (χ1v) is 13.4. The molecule has 15 heteroatoms. The summed E-state index contributed by atoms with van der Waals surface area (Å²) >= 11 is 1.24. The monoisotopic (exact) mass is 622 g/mol. The number of aromatic nitrogens is 2. The van der Waals surface area contributed by atoms with Crippen LogP contribution in [0, 0.1) is 12.7 Å². The Hall–Kier alpha value is -4.37. The van der Waals surface area contributed by atoms with Crippen molar-refractivity contribution >= 4 is 33.4 Å². The molecule has 0 unspecified atom stereocenters. The number of nitrogens with zero attached hydrogens (tertiary/aromatic N) is 2. The molecule has 3 heterocycles. The highest BCUT2D eigenvalue weighted by atomic mass is 32.1. The van der Waals surface area contributed by atoms with Gasteiger partial charge in [-0.05, 0) is 49.4 Å². The van der Waals surface area contributed by atoms with Crippen LogP contribution in [0.1, 0.15) is 26.6 Å². The maximum Gasteiger partial charge on any atom is 0.424 e. The molecule has 0 saturated heterocycles. The van der Waals surface area contributed by atoms with Crippen molar-refractivity contribution in [2.24, 2.45) is 5.73 Å². The molecule has 1 aliphatic heterocycles. The normalized spacial score (nSPS) is 17.7. The van der Waals surface area contributed by atoms with Crippen LogP contribution in [0.15, 0.2) is 42.5 Å². The molecular formula is C28H23F5N4O5S. The number of benzene rings is 2. The van der Waals surface area contributed by atoms with Gasteiger partial charge in [0.15, 0.2) is 0 Å². The fraction of sp³-hybridized carbons (Fsp3) is 0.286. The summed E-state index contributed by atoms with van der Waals surface area (Å²) in [6.07, 6.45) is -5.44. The number of nitrogens with one attached hydrogen (secondary N) is 1. The highest BCUT2D eigenvalue weighted by Gasteiger charge is 2.58. The highest BCUT2D eigenvalue weighted by molar-refractivity contribution is 7.18. The van der Waals surface area contributed by atoms with Gasteiger partial charge >= 0.3 is 6.18 Å². The van der Waals surface area contributed by atoms with Gasteiger partial charge in [0.05, 0.1) is 29.1 Å². The number of hydrogen-bond acceptors (Lipinski definition) is 8. The number of carbonyl (C=O) groups excluding carboxylic acids is 2. The number of halogens is 5. The number of primary amides is 1. The third-order valence-corrected chi connectivity index (χ3v) is 8.13. The lowest BCUT2D eigenvalue weighted by atomic mass is 9.81. The number of hydrogen-bond donors (Lipinski definition) is 3. The van der Waals surface area contributed by atoms with Gasteiger partial charge in [0.1, 0.15) is 47.2 Å². The van der Waals surface area contributed by atoms with Gasteiger partial charge in [-0.1, -0.05) is 0 Å². The van der Waals surface area contributed by atoms with Crippen LogP contribution in [0.3, 0.4) is 0 Å². The Morgan fingerprint density at radius 1 is 1.19 bits per heavy atom. The Bertz CT molecular complexity index is 1750. The van der Waals surface area contributed by atoms with Gasteiger partial charge in [-0.3, -0.25) is 9.59 Å². The third-order valence-electron chi connectivity index (χ3n) is 7.22. The Balaban J connectivity index is 1.61. The van der Waals surface area contributed by atoms with E-state index in [1.54, 1.807) is 6.92 Å². The van der Waals surface area contributed by atoms with E-state index in [1.165, 1.54) is 42.7 Å². The van der Waals surface area contributed by atoms with E-state index in [9.17, 15) is 36.6 Å². The second-order valence-corrected chi connectivity index (χ2v) is 11.1. The fourth-order valence-electron chi connectivity index (χ4n) is 4.75. The number of fused-ring (bicyclic) bond motifs is 2. The molecule has 4 aromatic rings. The minimum Gasteiger partial charge on any atom is -0.494 e. The average Bonchev–Trinajstić information content (AvgIpc) is 3.54. The molecule has 0 fully saturated rings. The standard InChI is InChI=1S/C28H23F5N4O5S/c1-13-36-22-18(41-2)7-15(8-19(22)43-13)24(38)35-11-27(40,28(31,32)33)20-9-17-23(42-12-26(17,10-29)25(34)39)21(37-20)14-3-5-16(30)6-4-14/h3-9,40H,10-12H2,1-2H3,(H2,34,39)(H,35,38)/t26-,27-/m0/s1. The predicted octanol–water partition coefficient (Wildman–Crippen LogP) is 4.08. The molecular weight excluding hydrogens is 599 g/mol. The van der Waals surface area contributed by atoms with Gasteiger partial charge in [-0.15, -0.1) is 11.3 Å². The second-order valence-electron chi connectivity index (χ2n) is 9.91. The van der Waals surface area contributed by atoms with Gasteiger partial charge in [-0.25, -0.2) is 18.7 Å². The van der Waals surface area contributed by atoms with Crippen molar-refractivity contribution in [2.45, 2.75) is 24.1 Å². The number of pyridine rings is 1. The summed E-state index contributed by atoms with van der Waals surface area (Å²) in [6.45, 7) is -1.76. The van der Waals surface area contributed by atoms with E-state index in [1.807, 2.05) is 0 Å². The third kappa shape index (κ3) is 5.01. The summed E-state index contributed by atoms with van der Waals surface area (Å²) in [6, 6.07) is 7.79. The van der Waals surface area contributed by atoms with Gasteiger partial charge < -0.3 is 25.6 Å². The molecule has 2 atom stereocenters. The van der Waals surface area contributed by atoms with Gasteiger partial charge in [0.25, 0.3) is 5.91 Å². The zero-order valence-electron chi connectivity index (χ0n) is 22.5. The predicted molar refractivity (Wildman–Crippen MR) is 145 cm³/mol. The molecule has 0 aliphatic carbocycles. The maximum absolute atomic E-state index is 14.6. The van der Waals surface area contributed by atoms with Crippen molar-refractivity contribution in [1.29, 1.82) is 0 Å². The van der Waals surface area contributed by atoms with Crippen LogP contribution < -0.4 is 20.5 Å². The molecule has 0 radical (unpaired) electrons. The lowest BCUT2D eigenvalue weighted by Gasteiger charge is -2.31. The summed E-state index contributed by atoms with van der Waals surface area (Å²) in [4.78, 5) is 33.7. The summed E-state index contributed by atoms with van der Waals surface area (Å²) < 4.78 is 83.2. The van der Waals surface area contributed by atoms with E-state index in [4.69, 9.17) is 15.2 Å². The van der Waals surface area contributed by atoms with Crippen LogP contribution in [0.25, 0.3) is 21.5 Å². The molecule has 226 valence electrons. The zero-order chi connectivity index (χ0) is 31.3. The van der Waals surface area contributed by atoms with Gasteiger partial charge in [0.2, 0.25) is 11.5 Å². The molecule has 0 spiro atoms.